The van der Waals surface area contributed by atoms with Gasteiger partial charge in [-0.2, -0.15) is 0 Å². The molecule has 0 aliphatic heterocycles. The summed E-state index contributed by atoms with van der Waals surface area (Å²) in [7, 11) is 0. The highest BCUT2D eigenvalue weighted by atomic mass is 79.9. The molecule has 0 saturated heterocycles. The number of halogens is 2. The minimum absolute atomic E-state index is 0.0138. The third kappa shape index (κ3) is 4.95. The number of esters is 1. The number of aromatic hydroxyl groups is 1. The number of nitro groups is 1. The molecule has 0 heterocycles. The van der Waals surface area contributed by atoms with E-state index in [2.05, 4.69) is 21.2 Å². The lowest BCUT2D eigenvalue weighted by Gasteiger charge is -2.15. The summed E-state index contributed by atoms with van der Waals surface area (Å²) in [5.74, 6) is -1.94. The van der Waals surface area contributed by atoms with Crippen molar-refractivity contribution in [2.75, 3.05) is 5.32 Å². The maximum Gasteiger partial charge on any atom is 0.342 e. The number of carbonyl (C=O) groups excluding carboxylic acids is 2. The Bertz CT molecular complexity index is 934. The van der Waals surface area contributed by atoms with Gasteiger partial charge in [-0.1, -0.05) is 11.6 Å². The van der Waals surface area contributed by atoms with Crippen LogP contribution in [0.25, 0.3) is 0 Å². The van der Waals surface area contributed by atoms with Crippen molar-refractivity contribution >= 4 is 50.8 Å². The third-order valence-corrected chi connectivity index (χ3v) is 4.43. The van der Waals surface area contributed by atoms with E-state index in [9.17, 15) is 24.8 Å². The molecule has 0 aliphatic rings. The Morgan fingerprint density at radius 3 is 2.63 bits per heavy atom. The molecule has 2 aromatic carbocycles. The van der Waals surface area contributed by atoms with Crippen molar-refractivity contribution in [3.63, 3.8) is 0 Å². The van der Waals surface area contributed by atoms with E-state index in [1.54, 1.807) is 13.0 Å². The smallest absolute Gasteiger partial charge is 0.342 e. The Kier molecular flexibility index (Phi) is 6.40. The number of benzene rings is 2. The molecule has 1 unspecified atom stereocenters. The number of hydrogen-bond acceptors (Lipinski definition) is 6. The van der Waals surface area contributed by atoms with Gasteiger partial charge in [0.2, 0.25) is 0 Å². The molecule has 2 N–H and O–H groups in total. The van der Waals surface area contributed by atoms with Gasteiger partial charge in [0.25, 0.3) is 11.6 Å². The lowest BCUT2D eigenvalue weighted by Crippen LogP contribution is -2.30. The minimum atomic E-state index is -1.24. The van der Waals surface area contributed by atoms with Crippen molar-refractivity contribution in [3.05, 3.63) is 61.1 Å². The van der Waals surface area contributed by atoms with Crippen molar-refractivity contribution < 1.29 is 24.4 Å². The number of hydrogen-bond donors (Lipinski definition) is 2. The minimum Gasteiger partial charge on any atom is -0.506 e. The van der Waals surface area contributed by atoms with Gasteiger partial charge >= 0.3 is 5.97 Å². The van der Waals surface area contributed by atoms with Gasteiger partial charge in [-0.25, -0.2) is 4.79 Å². The van der Waals surface area contributed by atoms with Crippen LogP contribution in [0.5, 0.6) is 5.75 Å². The highest BCUT2D eigenvalue weighted by Gasteiger charge is 2.23. The summed E-state index contributed by atoms with van der Waals surface area (Å²) in [6, 6.07) is 6.60. The molecule has 2 aromatic rings. The molecule has 0 aliphatic carbocycles. The fourth-order valence-electron chi connectivity index (χ4n) is 2.12. The van der Waals surface area contributed by atoms with E-state index in [1.807, 2.05) is 0 Å². The topological polar surface area (TPSA) is 119 Å². The summed E-state index contributed by atoms with van der Waals surface area (Å²) in [4.78, 5) is 34.7. The number of rotatable bonds is 5. The van der Waals surface area contributed by atoms with Gasteiger partial charge in [-0.05, 0) is 53.5 Å². The van der Waals surface area contributed by atoms with Crippen molar-refractivity contribution in [3.8, 4) is 5.75 Å². The fourth-order valence-corrected chi connectivity index (χ4v) is 2.86. The molecule has 0 aromatic heterocycles. The molecule has 0 bridgehead atoms. The van der Waals surface area contributed by atoms with E-state index in [-0.39, 0.29) is 27.7 Å². The molecule has 10 heteroatoms. The van der Waals surface area contributed by atoms with E-state index in [0.29, 0.717) is 10.0 Å². The molecule has 2 rings (SSSR count). The van der Waals surface area contributed by atoms with Crippen LogP contribution in [0, 0.1) is 17.0 Å². The van der Waals surface area contributed by atoms with Crippen LogP contribution in [-0.4, -0.2) is 28.0 Å². The number of anilines is 1. The van der Waals surface area contributed by atoms with E-state index < -0.39 is 22.9 Å². The molecule has 142 valence electrons. The number of phenols is 1. The van der Waals surface area contributed by atoms with Gasteiger partial charge in [0, 0.05) is 12.1 Å². The normalized spacial score (nSPS) is 11.6. The molecule has 0 radical (unpaired) electrons. The number of non-ortho nitro benzene ring substituents is 1. The van der Waals surface area contributed by atoms with E-state index in [4.69, 9.17) is 16.3 Å². The second-order valence-electron chi connectivity index (χ2n) is 5.60. The van der Waals surface area contributed by atoms with Crippen LogP contribution in [0.2, 0.25) is 5.02 Å². The molecule has 0 saturated carbocycles. The van der Waals surface area contributed by atoms with Crippen LogP contribution in [0.1, 0.15) is 22.8 Å². The summed E-state index contributed by atoms with van der Waals surface area (Å²) in [5, 5.41) is 23.3. The van der Waals surface area contributed by atoms with Gasteiger partial charge in [0.05, 0.1) is 20.1 Å². The highest BCUT2D eigenvalue weighted by molar-refractivity contribution is 9.10. The zero-order chi connectivity index (χ0) is 20.3. The summed E-state index contributed by atoms with van der Waals surface area (Å²) < 4.78 is 5.38. The second kappa shape index (κ2) is 8.36. The Hall–Kier alpha value is -2.65. The summed E-state index contributed by atoms with van der Waals surface area (Å²) in [5.41, 5.74) is 0.357. The predicted octanol–water partition coefficient (Wildman–Crippen LogP) is 4.21. The standard InChI is InChI=1S/C17H14BrClN2O6/c1-8-5-11(15(22)12(18)6-8)17(24)27-9(2)16(23)20-14-7-10(21(25)26)3-4-13(14)19/h3-7,9,22H,1-2H3,(H,20,23). The van der Waals surface area contributed by atoms with Gasteiger partial charge in [0.15, 0.2) is 6.10 Å². The van der Waals surface area contributed by atoms with Crippen molar-refractivity contribution in [1.82, 2.24) is 0 Å². The molecule has 1 amide bonds. The number of nitrogens with zero attached hydrogens (tertiary/aromatic N) is 1. The Balaban J connectivity index is 2.14. The number of phenolic OH excluding ortho intramolecular Hbond substituents is 1. The summed E-state index contributed by atoms with van der Waals surface area (Å²) >= 11 is 9.05. The van der Waals surface area contributed by atoms with Crippen LogP contribution in [0.3, 0.4) is 0 Å². The third-order valence-electron chi connectivity index (χ3n) is 3.50. The average Bonchev–Trinajstić information content (AvgIpc) is 2.59. The molecular weight excluding hydrogens is 444 g/mol. The Morgan fingerprint density at radius 2 is 2.00 bits per heavy atom. The molecule has 1 atom stereocenters. The monoisotopic (exact) mass is 456 g/mol. The number of ether oxygens (including phenoxy) is 1. The van der Waals surface area contributed by atoms with Gasteiger partial charge in [0.1, 0.15) is 11.3 Å². The zero-order valence-corrected chi connectivity index (χ0v) is 16.5. The summed E-state index contributed by atoms with van der Waals surface area (Å²) in [6.45, 7) is 3.04. The predicted molar refractivity (Wildman–Crippen MR) is 102 cm³/mol. The maximum atomic E-state index is 12.2. The number of amides is 1. The number of carbonyl (C=O) groups is 2. The largest absolute Gasteiger partial charge is 0.506 e. The van der Waals surface area contributed by atoms with E-state index in [0.717, 1.165) is 6.07 Å². The van der Waals surface area contributed by atoms with Crippen molar-refractivity contribution in [1.29, 1.82) is 0 Å². The first-order valence-corrected chi connectivity index (χ1v) is 8.72. The Labute approximate surface area is 167 Å². The van der Waals surface area contributed by atoms with Crippen molar-refractivity contribution in [2.45, 2.75) is 20.0 Å². The number of nitro benzene ring substituents is 1. The van der Waals surface area contributed by atoms with Crippen LogP contribution in [0.4, 0.5) is 11.4 Å². The van der Waals surface area contributed by atoms with Crippen LogP contribution < -0.4 is 5.32 Å². The summed E-state index contributed by atoms with van der Waals surface area (Å²) in [6.07, 6.45) is -1.24. The lowest BCUT2D eigenvalue weighted by molar-refractivity contribution is -0.384. The highest BCUT2D eigenvalue weighted by Crippen LogP contribution is 2.30. The quantitative estimate of drug-likeness (QED) is 0.394. The molecule has 0 fully saturated rings. The Morgan fingerprint density at radius 1 is 1.33 bits per heavy atom. The average molecular weight is 458 g/mol. The molecule has 27 heavy (non-hydrogen) atoms. The van der Waals surface area contributed by atoms with Gasteiger partial charge < -0.3 is 15.2 Å². The first-order chi connectivity index (χ1) is 12.6. The number of aryl methyl sites for hydroxylation is 1. The lowest BCUT2D eigenvalue weighted by atomic mass is 10.1. The second-order valence-corrected chi connectivity index (χ2v) is 6.86. The van der Waals surface area contributed by atoms with Crippen LogP contribution in [-0.2, 0) is 9.53 Å². The van der Waals surface area contributed by atoms with Gasteiger partial charge in [-0.3, -0.25) is 14.9 Å². The molecule has 8 nitrogen and oxygen atoms in total. The van der Waals surface area contributed by atoms with Crippen LogP contribution >= 0.6 is 27.5 Å². The van der Waals surface area contributed by atoms with Crippen molar-refractivity contribution in [2.24, 2.45) is 0 Å². The number of nitrogens with one attached hydrogen (secondary N) is 1. The first-order valence-electron chi connectivity index (χ1n) is 7.55. The van der Waals surface area contributed by atoms with E-state index in [1.165, 1.54) is 25.1 Å². The maximum absolute atomic E-state index is 12.2. The molecular formula is C17H14BrClN2O6. The molecule has 0 spiro atoms. The first kappa shape index (κ1) is 20.7. The SMILES string of the molecule is Cc1cc(Br)c(O)c(C(=O)OC(C)C(=O)Nc2cc([N+](=O)[O-])ccc2Cl)c1. The fraction of sp³-hybridized carbons (Fsp3) is 0.176. The zero-order valence-electron chi connectivity index (χ0n) is 14.2. The van der Waals surface area contributed by atoms with Gasteiger partial charge in [-0.15, -0.1) is 0 Å². The van der Waals surface area contributed by atoms with Crippen LogP contribution in [0.15, 0.2) is 34.8 Å². The van der Waals surface area contributed by atoms with E-state index >= 15 is 0 Å².